The summed E-state index contributed by atoms with van der Waals surface area (Å²) in [6, 6.07) is 25.3. The molecule has 4 rings (SSSR count). The van der Waals surface area contributed by atoms with E-state index >= 15 is 0 Å². The highest BCUT2D eigenvalue weighted by Gasteiger charge is 2.40. The molecule has 6 nitrogen and oxygen atoms in total. The van der Waals surface area contributed by atoms with Crippen LogP contribution in [0.25, 0.3) is 6.08 Å². The molecule has 0 aliphatic carbocycles. The Bertz CT molecular complexity index is 1700. The van der Waals surface area contributed by atoms with Gasteiger partial charge in [0.05, 0.1) is 22.6 Å². The van der Waals surface area contributed by atoms with E-state index in [1.807, 2.05) is 42.5 Å². The second-order valence-corrected chi connectivity index (χ2v) is 12.4. The van der Waals surface area contributed by atoms with Crippen molar-refractivity contribution in [3.63, 3.8) is 0 Å². The molecule has 2 atom stereocenters. The van der Waals surface area contributed by atoms with E-state index in [4.69, 9.17) is 9.26 Å². The summed E-state index contributed by atoms with van der Waals surface area (Å²) in [7, 11) is -3.97. The van der Waals surface area contributed by atoms with Crippen molar-refractivity contribution >= 4 is 41.4 Å². The van der Waals surface area contributed by atoms with Crippen molar-refractivity contribution in [3.8, 4) is 5.75 Å². The molecule has 0 fully saturated rings. The highest BCUT2D eigenvalue weighted by atomic mass is 79.9. The molecule has 0 saturated carbocycles. The van der Waals surface area contributed by atoms with Crippen molar-refractivity contribution in [1.29, 1.82) is 0 Å². The molecular weight excluding hydrogens is 660 g/mol. The number of ether oxygens (including phenoxy) is 1. The van der Waals surface area contributed by atoms with Crippen LogP contribution in [0.1, 0.15) is 43.8 Å². The number of esters is 1. The molecule has 228 valence electrons. The largest absolute Gasteiger partial charge is 0.465 e. The average Bonchev–Trinajstić information content (AvgIpc) is 3.02. The predicted molar refractivity (Wildman–Crippen MR) is 165 cm³/mol. The van der Waals surface area contributed by atoms with Crippen molar-refractivity contribution < 1.29 is 41.5 Å². The summed E-state index contributed by atoms with van der Waals surface area (Å²) in [6.07, 6.45) is 0.348. The summed E-state index contributed by atoms with van der Waals surface area (Å²) in [6.45, 7) is 0. The van der Waals surface area contributed by atoms with Crippen LogP contribution in [-0.4, -0.2) is 29.9 Å². The number of hydrogen-bond acceptors (Lipinski definition) is 5. The van der Waals surface area contributed by atoms with E-state index in [2.05, 4.69) is 15.9 Å². The van der Waals surface area contributed by atoms with Crippen molar-refractivity contribution in [2.45, 2.75) is 24.4 Å². The average molecular weight is 687 g/mol. The molecule has 0 aliphatic rings. The molecule has 0 spiro atoms. The van der Waals surface area contributed by atoms with E-state index in [9.17, 15) is 32.2 Å². The minimum Gasteiger partial charge on any atom is -0.465 e. The van der Waals surface area contributed by atoms with Crippen LogP contribution in [-0.2, 0) is 21.1 Å². The van der Waals surface area contributed by atoms with Gasteiger partial charge in [-0.05, 0) is 94.0 Å². The van der Waals surface area contributed by atoms with E-state index in [0.29, 0.717) is 11.1 Å². The van der Waals surface area contributed by atoms with Crippen LogP contribution in [0.2, 0.25) is 0 Å². The monoisotopic (exact) mass is 686 g/mol. The summed E-state index contributed by atoms with van der Waals surface area (Å²) < 4.78 is 61.2. The number of rotatable bonds is 12. The lowest BCUT2D eigenvalue weighted by Crippen LogP contribution is -2.38. The maximum atomic E-state index is 14.5. The molecule has 0 aromatic heterocycles. The van der Waals surface area contributed by atoms with Gasteiger partial charge in [0.25, 0.3) is 0 Å². The van der Waals surface area contributed by atoms with Crippen molar-refractivity contribution in [2.24, 2.45) is 0 Å². The molecule has 0 heterocycles. The molecule has 0 amide bonds. The Hall–Kier alpha value is -3.98. The van der Waals surface area contributed by atoms with E-state index in [-0.39, 0.29) is 40.0 Å². The lowest BCUT2D eigenvalue weighted by molar-refractivity contribution is 0.0600. The van der Waals surface area contributed by atoms with Crippen LogP contribution in [0.5, 0.6) is 5.75 Å². The smallest absolute Gasteiger partial charge is 0.442 e. The van der Waals surface area contributed by atoms with Gasteiger partial charge in [-0.15, -0.1) is 0 Å². The first-order chi connectivity index (χ1) is 20.9. The number of carbonyl (C=O) groups excluding carboxylic acids is 2. The molecule has 4 aromatic carbocycles. The third kappa shape index (κ3) is 7.75. The highest BCUT2D eigenvalue weighted by molar-refractivity contribution is 9.10. The number of benzene rings is 4. The van der Waals surface area contributed by atoms with E-state index in [1.54, 1.807) is 24.3 Å². The van der Waals surface area contributed by atoms with Crippen LogP contribution in [0, 0.1) is 5.82 Å². The van der Waals surface area contributed by atoms with Gasteiger partial charge in [-0.25, -0.2) is 13.8 Å². The SMILES string of the molecule is COC(=O)c1ccc(C(CC=Cc2ccccc2)(Cc2ccc(OP(=O)(O)C(F)F)c(Br)c2)C(=O)c2ccc(F)cc2)cc1. The summed E-state index contributed by atoms with van der Waals surface area (Å²) >= 11 is 3.23. The second-order valence-electron chi connectivity index (χ2n) is 9.88. The molecule has 1 N–H and O–H groups in total. The maximum Gasteiger partial charge on any atom is 0.442 e. The number of alkyl halides is 2. The quantitative estimate of drug-likeness (QED) is 0.0912. The minimum absolute atomic E-state index is 0.0599. The Kier molecular flexibility index (Phi) is 10.6. The van der Waals surface area contributed by atoms with Gasteiger partial charge in [0.15, 0.2) is 5.78 Å². The lowest BCUT2D eigenvalue weighted by Gasteiger charge is -2.33. The minimum atomic E-state index is -5.23. The number of ketones is 1. The molecule has 2 unspecified atom stereocenters. The van der Waals surface area contributed by atoms with Crippen LogP contribution in [0.3, 0.4) is 0 Å². The molecule has 11 heteroatoms. The Labute approximate surface area is 260 Å². The molecule has 4 aromatic rings. The fourth-order valence-corrected chi connectivity index (χ4v) is 5.89. The van der Waals surface area contributed by atoms with Crippen molar-refractivity contribution in [1.82, 2.24) is 0 Å². The first-order valence-electron chi connectivity index (χ1n) is 13.2. The van der Waals surface area contributed by atoms with Gasteiger partial charge in [-0.1, -0.05) is 60.7 Å². The van der Waals surface area contributed by atoms with Gasteiger partial charge in [-0.2, -0.15) is 8.78 Å². The number of methoxy groups -OCH3 is 1. The van der Waals surface area contributed by atoms with Gasteiger partial charge in [0.1, 0.15) is 11.6 Å². The highest BCUT2D eigenvalue weighted by Crippen LogP contribution is 2.50. The summed E-state index contributed by atoms with van der Waals surface area (Å²) in [4.78, 5) is 36.1. The van der Waals surface area contributed by atoms with Crippen LogP contribution < -0.4 is 4.52 Å². The van der Waals surface area contributed by atoms with Crippen molar-refractivity contribution in [3.05, 3.63) is 141 Å². The number of Topliss-reactive ketones (excluding diaryl/α,β-unsaturated/α-hetero) is 1. The fraction of sp³-hybridized carbons (Fsp3) is 0.152. The Balaban J connectivity index is 1.85. The molecular formula is C33H27BrF3O6P. The number of carbonyl (C=O) groups is 2. The number of hydrogen-bond donors (Lipinski definition) is 1. The van der Waals surface area contributed by atoms with E-state index in [1.165, 1.54) is 49.6 Å². The molecule has 0 aliphatic heterocycles. The zero-order valence-corrected chi connectivity index (χ0v) is 25.8. The van der Waals surface area contributed by atoms with E-state index in [0.717, 1.165) is 5.56 Å². The first kappa shape index (κ1) is 32.9. The molecule has 44 heavy (non-hydrogen) atoms. The first-order valence-corrected chi connectivity index (χ1v) is 15.7. The Morgan fingerprint density at radius 1 is 0.955 bits per heavy atom. The van der Waals surface area contributed by atoms with Crippen LogP contribution in [0.15, 0.2) is 108 Å². The van der Waals surface area contributed by atoms with Crippen LogP contribution >= 0.6 is 23.5 Å². The summed E-state index contributed by atoms with van der Waals surface area (Å²) in [5, 5.41) is 0. The maximum absolute atomic E-state index is 14.5. The van der Waals surface area contributed by atoms with Crippen LogP contribution in [0.4, 0.5) is 13.2 Å². The fourth-order valence-electron chi connectivity index (χ4n) is 4.73. The molecule has 0 bridgehead atoms. The summed E-state index contributed by atoms with van der Waals surface area (Å²) in [5.74, 6) is -1.68. The van der Waals surface area contributed by atoms with Gasteiger partial charge in [0.2, 0.25) is 0 Å². The Morgan fingerprint density at radius 2 is 1.59 bits per heavy atom. The summed E-state index contributed by atoms with van der Waals surface area (Å²) in [5.41, 5.74) is 1.20. The molecule has 0 saturated heterocycles. The predicted octanol–water partition coefficient (Wildman–Crippen LogP) is 8.63. The van der Waals surface area contributed by atoms with Gasteiger partial charge in [0, 0.05) is 5.56 Å². The van der Waals surface area contributed by atoms with Crippen molar-refractivity contribution in [2.75, 3.05) is 7.11 Å². The van der Waals surface area contributed by atoms with Gasteiger partial charge in [-0.3, -0.25) is 4.79 Å². The topological polar surface area (TPSA) is 89.9 Å². The lowest BCUT2D eigenvalue weighted by atomic mass is 9.68. The molecule has 0 radical (unpaired) electrons. The van der Waals surface area contributed by atoms with Gasteiger partial charge < -0.3 is 14.2 Å². The third-order valence-corrected chi connectivity index (χ3v) is 8.53. The number of halogens is 4. The number of allylic oxidation sites excluding steroid dienone is 1. The normalized spacial score (nSPS) is 14.2. The Morgan fingerprint density at radius 3 is 2.18 bits per heavy atom. The zero-order chi connectivity index (χ0) is 31.9. The second kappa shape index (κ2) is 14.2. The standard InChI is InChI=1S/C33H27BrF3O6P/c1-42-31(39)25-10-14-26(15-11-25)33(19-5-8-22-6-3-2-4-7-22,30(38)24-12-16-27(35)17-13-24)21-23-9-18-29(28(34)20-23)43-44(40,41)32(36)37/h2-18,20,32H,19,21H2,1H3,(H,40,41). The van der Waals surface area contributed by atoms with Gasteiger partial charge >= 0.3 is 19.7 Å². The zero-order valence-electron chi connectivity index (χ0n) is 23.3. The third-order valence-electron chi connectivity index (χ3n) is 6.95. The van der Waals surface area contributed by atoms with E-state index < -0.39 is 31.0 Å².